The van der Waals surface area contributed by atoms with E-state index >= 15 is 0 Å². The fourth-order valence-electron chi connectivity index (χ4n) is 2.63. The third-order valence-electron chi connectivity index (χ3n) is 4.13. The molecule has 3 N–H and O–H groups in total. The molecule has 0 radical (unpaired) electrons. The van der Waals surface area contributed by atoms with Gasteiger partial charge in [-0.25, -0.2) is 0 Å². The SMILES string of the molecule is CC(C)Cc1ccc(/C=C/c2ccc(/C=C/COC(=O)C(C)C)cc2)cc1.N. The molecule has 0 aliphatic heterocycles. The molecule has 2 rings (SSSR count). The average molecular weight is 380 g/mol. The summed E-state index contributed by atoms with van der Waals surface area (Å²) in [7, 11) is 0. The van der Waals surface area contributed by atoms with Crippen molar-refractivity contribution in [1.82, 2.24) is 6.15 Å². The molecular formula is C25H33NO2. The third kappa shape index (κ3) is 8.36. The van der Waals surface area contributed by atoms with Gasteiger partial charge in [0.05, 0.1) is 5.92 Å². The second-order valence-electron chi connectivity index (χ2n) is 7.53. The number of rotatable bonds is 8. The number of carbonyl (C=O) groups is 1. The lowest BCUT2D eigenvalue weighted by atomic mass is 10.0. The maximum atomic E-state index is 11.4. The van der Waals surface area contributed by atoms with Crippen molar-refractivity contribution in [2.24, 2.45) is 11.8 Å². The minimum atomic E-state index is -0.169. The molecule has 0 saturated carbocycles. The van der Waals surface area contributed by atoms with E-state index in [0.717, 1.165) is 17.5 Å². The smallest absolute Gasteiger partial charge is 0.308 e. The summed E-state index contributed by atoms with van der Waals surface area (Å²) in [5, 5.41) is 0. The van der Waals surface area contributed by atoms with Crippen LogP contribution in [-0.2, 0) is 16.0 Å². The molecule has 0 fully saturated rings. The number of carbonyl (C=O) groups excluding carboxylic acids is 1. The number of ether oxygens (including phenoxy) is 1. The third-order valence-corrected chi connectivity index (χ3v) is 4.13. The normalized spacial score (nSPS) is 11.4. The highest BCUT2D eigenvalue weighted by molar-refractivity contribution is 5.72. The average Bonchev–Trinajstić information content (AvgIpc) is 2.65. The zero-order chi connectivity index (χ0) is 19.6. The van der Waals surface area contributed by atoms with E-state index in [2.05, 4.69) is 74.5 Å². The van der Waals surface area contributed by atoms with Crippen LogP contribution in [-0.4, -0.2) is 12.6 Å². The van der Waals surface area contributed by atoms with E-state index in [1.54, 1.807) is 0 Å². The molecule has 0 spiro atoms. The summed E-state index contributed by atoms with van der Waals surface area (Å²) in [5.41, 5.74) is 4.84. The highest BCUT2D eigenvalue weighted by atomic mass is 16.5. The summed E-state index contributed by atoms with van der Waals surface area (Å²) in [6.07, 6.45) is 9.21. The van der Waals surface area contributed by atoms with E-state index in [1.165, 1.54) is 11.1 Å². The Morgan fingerprint density at radius 3 is 1.75 bits per heavy atom. The lowest BCUT2D eigenvalue weighted by Gasteiger charge is -2.04. The Kier molecular flexibility index (Phi) is 9.97. The topological polar surface area (TPSA) is 61.3 Å². The second-order valence-corrected chi connectivity index (χ2v) is 7.53. The Labute approximate surface area is 169 Å². The molecule has 0 amide bonds. The summed E-state index contributed by atoms with van der Waals surface area (Å²) in [4.78, 5) is 11.4. The summed E-state index contributed by atoms with van der Waals surface area (Å²) >= 11 is 0. The van der Waals surface area contributed by atoms with Crippen molar-refractivity contribution >= 4 is 24.2 Å². The lowest BCUT2D eigenvalue weighted by molar-refractivity contribution is -0.145. The summed E-state index contributed by atoms with van der Waals surface area (Å²) < 4.78 is 5.13. The molecule has 0 aliphatic rings. The van der Waals surface area contributed by atoms with Crippen LogP contribution in [0.4, 0.5) is 0 Å². The molecule has 3 nitrogen and oxygen atoms in total. The predicted octanol–water partition coefficient (Wildman–Crippen LogP) is 6.43. The fraction of sp³-hybridized carbons (Fsp3) is 0.320. The van der Waals surface area contributed by atoms with Gasteiger partial charge in [-0.1, -0.05) is 94.5 Å². The molecule has 2 aromatic carbocycles. The standard InChI is InChI=1S/C25H30O2.H3N/c1-19(2)18-24-15-13-23(14-16-24)12-11-22-9-7-21(8-10-22)6-5-17-27-25(26)20(3)4;/h5-16,19-20H,17-18H2,1-4H3;1H3/b6-5+,12-11+;. The first kappa shape index (κ1) is 23.4. The quantitative estimate of drug-likeness (QED) is 0.424. The monoisotopic (exact) mass is 379 g/mol. The van der Waals surface area contributed by atoms with Gasteiger partial charge in [0.15, 0.2) is 0 Å². The van der Waals surface area contributed by atoms with Crippen molar-refractivity contribution < 1.29 is 9.53 Å². The van der Waals surface area contributed by atoms with Gasteiger partial charge in [0.2, 0.25) is 0 Å². The molecule has 28 heavy (non-hydrogen) atoms. The van der Waals surface area contributed by atoms with Crippen molar-refractivity contribution in [2.45, 2.75) is 34.1 Å². The van der Waals surface area contributed by atoms with Crippen LogP contribution in [0.1, 0.15) is 49.9 Å². The maximum absolute atomic E-state index is 11.4. The maximum Gasteiger partial charge on any atom is 0.308 e. The zero-order valence-electron chi connectivity index (χ0n) is 17.5. The predicted molar refractivity (Wildman–Crippen MR) is 120 cm³/mol. The molecule has 2 aromatic rings. The molecule has 0 heterocycles. The van der Waals surface area contributed by atoms with Gasteiger partial charge in [0.1, 0.15) is 6.61 Å². The number of hydrogen-bond acceptors (Lipinski definition) is 3. The van der Waals surface area contributed by atoms with Gasteiger partial charge in [0.25, 0.3) is 0 Å². The highest BCUT2D eigenvalue weighted by Crippen LogP contribution is 2.13. The van der Waals surface area contributed by atoms with Gasteiger partial charge >= 0.3 is 5.97 Å². The van der Waals surface area contributed by atoms with Gasteiger partial charge in [-0.2, -0.15) is 0 Å². The molecular weight excluding hydrogens is 346 g/mol. The highest BCUT2D eigenvalue weighted by Gasteiger charge is 2.05. The Morgan fingerprint density at radius 1 is 0.821 bits per heavy atom. The summed E-state index contributed by atoms with van der Waals surface area (Å²) in [6.45, 7) is 8.46. The van der Waals surface area contributed by atoms with Crippen LogP contribution in [0, 0.1) is 11.8 Å². The van der Waals surface area contributed by atoms with Crippen molar-refractivity contribution in [1.29, 1.82) is 0 Å². The van der Waals surface area contributed by atoms with E-state index in [9.17, 15) is 4.79 Å². The molecule has 0 bridgehead atoms. The van der Waals surface area contributed by atoms with Crippen LogP contribution >= 0.6 is 0 Å². The Bertz CT molecular complexity index is 769. The van der Waals surface area contributed by atoms with Crippen LogP contribution in [0.2, 0.25) is 0 Å². The van der Waals surface area contributed by atoms with Gasteiger partial charge < -0.3 is 10.9 Å². The molecule has 3 heteroatoms. The van der Waals surface area contributed by atoms with Crippen molar-refractivity contribution in [2.75, 3.05) is 6.61 Å². The van der Waals surface area contributed by atoms with Crippen molar-refractivity contribution in [3.8, 4) is 0 Å². The van der Waals surface area contributed by atoms with Crippen LogP contribution in [0.5, 0.6) is 0 Å². The Hall–Kier alpha value is -2.65. The second kappa shape index (κ2) is 11.9. The van der Waals surface area contributed by atoms with Gasteiger partial charge in [-0.05, 0) is 40.7 Å². The number of esters is 1. The van der Waals surface area contributed by atoms with E-state index in [1.807, 2.05) is 26.0 Å². The van der Waals surface area contributed by atoms with Crippen molar-refractivity contribution in [3.05, 3.63) is 76.9 Å². The van der Waals surface area contributed by atoms with Gasteiger partial charge in [-0.15, -0.1) is 0 Å². The van der Waals surface area contributed by atoms with Crippen LogP contribution in [0.15, 0.2) is 54.6 Å². The van der Waals surface area contributed by atoms with Crippen LogP contribution in [0.3, 0.4) is 0 Å². The fourth-order valence-corrected chi connectivity index (χ4v) is 2.63. The van der Waals surface area contributed by atoms with E-state index < -0.39 is 0 Å². The minimum absolute atomic E-state index is 0. The number of benzene rings is 2. The zero-order valence-corrected chi connectivity index (χ0v) is 17.5. The first-order chi connectivity index (χ1) is 12.9. The van der Waals surface area contributed by atoms with Crippen LogP contribution < -0.4 is 6.15 Å². The molecule has 0 unspecified atom stereocenters. The number of hydrogen-bond donors (Lipinski definition) is 1. The van der Waals surface area contributed by atoms with Crippen LogP contribution in [0.25, 0.3) is 18.2 Å². The lowest BCUT2D eigenvalue weighted by Crippen LogP contribution is -2.11. The first-order valence-corrected chi connectivity index (χ1v) is 9.64. The molecule has 0 atom stereocenters. The van der Waals surface area contributed by atoms with E-state index in [0.29, 0.717) is 12.5 Å². The summed E-state index contributed by atoms with van der Waals surface area (Å²) in [5.74, 6) is 0.425. The van der Waals surface area contributed by atoms with Gasteiger partial charge in [0, 0.05) is 0 Å². The van der Waals surface area contributed by atoms with E-state index in [4.69, 9.17) is 4.74 Å². The Morgan fingerprint density at radius 2 is 1.29 bits per heavy atom. The molecule has 0 aromatic heterocycles. The van der Waals surface area contributed by atoms with E-state index in [-0.39, 0.29) is 18.0 Å². The largest absolute Gasteiger partial charge is 0.461 e. The van der Waals surface area contributed by atoms with Crippen molar-refractivity contribution in [3.63, 3.8) is 0 Å². The summed E-state index contributed by atoms with van der Waals surface area (Å²) in [6, 6.07) is 17.1. The molecule has 0 aliphatic carbocycles. The van der Waals surface area contributed by atoms with Gasteiger partial charge in [-0.3, -0.25) is 4.79 Å². The Balaban J connectivity index is 0.00000392. The molecule has 150 valence electrons. The first-order valence-electron chi connectivity index (χ1n) is 9.64. The molecule has 0 saturated heterocycles. The minimum Gasteiger partial charge on any atom is -0.461 e.